The Hall–Kier alpha value is -0.830. The largest absolute Gasteiger partial charge is 0.462 e. The number of hydrogen-bond acceptors (Lipinski definition) is 2. The van der Waals surface area contributed by atoms with E-state index >= 15 is 0 Å². The van der Waals surface area contributed by atoms with Gasteiger partial charge in [-0.15, -0.1) is 0 Å². The van der Waals surface area contributed by atoms with Crippen molar-refractivity contribution in [3.05, 3.63) is 12.2 Å². The van der Waals surface area contributed by atoms with Crippen LogP contribution < -0.4 is 0 Å². The number of carbonyl (C=O) groups excluding carboxylic acids is 1. The molecule has 0 amide bonds. The molecule has 0 aromatic heterocycles. The van der Waals surface area contributed by atoms with Crippen molar-refractivity contribution in [1.29, 1.82) is 0 Å². The van der Waals surface area contributed by atoms with Crippen molar-refractivity contribution < 1.29 is 15.0 Å². The fraction of sp³-hybridized carbons (Fsp3) is 0.850. The molecule has 0 bridgehead atoms. The van der Waals surface area contributed by atoms with Gasteiger partial charge >= 0.3 is 5.97 Å². The predicted molar refractivity (Wildman–Crippen MR) is 99.7 cm³/mol. The highest BCUT2D eigenvalue weighted by molar-refractivity contribution is 5.86. The van der Waals surface area contributed by atoms with E-state index in [9.17, 15) is 4.79 Å². The van der Waals surface area contributed by atoms with Crippen molar-refractivity contribution in [2.24, 2.45) is 0 Å². The molecule has 0 rings (SSSR count). The van der Waals surface area contributed by atoms with E-state index in [4.69, 9.17) is 4.74 Å². The summed E-state index contributed by atoms with van der Waals surface area (Å²) in [6.07, 6.45) is 18.8. The third kappa shape index (κ3) is 19.1. The summed E-state index contributed by atoms with van der Waals surface area (Å²) in [7, 11) is 0. The first-order valence-corrected chi connectivity index (χ1v) is 9.51. The summed E-state index contributed by atoms with van der Waals surface area (Å²) in [6.45, 7) is 8.07. The number of rotatable bonds is 16. The summed E-state index contributed by atoms with van der Waals surface area (Å²) in [5, 5.41) is 0. The molecule has 0 saturated carbocycles. The lowest BCUT2D eigenvalue weighted by atomic mass is 10.0. The molecule has 0 saturated heterocycles. The monoisotopic (exact) mass is 328 g/mol. The van der Waals surface area contributed by atoms with Gasteiger partial charge in [0.2, 0.25) is 0 Å². The van der Waals surface area contributed by atoms with Crippen molar-refractivity contribution in [3.63, 3.8) is 0 Å². The molecule has 0 atom stereocenters. The molecule has 0 aliphatic heterocycles. The first kappa shape index (κ1) is 24.4. The fourth-order valence-electron chi connectivity index (χ4n) is 2.58. The number of unbranched alkanes of at least 4 members (excludes halogenated alkanes) is 13. The Morgan fingerprint density at radius 2 is 1.09 bits per heavy atom. The molecular formula is C20H40O3. The minimum absolute atomic E-state index is 0. The van der Waals surface area contributed by atoms with Crippen LogP contribution in [0, 0.1) is 0 Å². The van der Waals surface area contributed by atoms with Crippen LogP contribution >= 0.6 is 0 Å². The van der Waals surface area contributed by atoms with Gasteiger partial charge in [0.05, 0.1) is 6.61 Å². The van der Waals surface area contributed by atoms with Gasteiger partial charge in [0.25, 0.3) is 0 Å². The Morgan fingerprint density at radius 1 is 0.739 bits per heavy atom. The number of carbonyl (C=O) groups is 1. The van der Waals surface area contributed by atoms with Crippen LogP contribution in [0.3, 0.4) is 0 Å². The third-order valence-electron chi connectivity index (χ3n) is 4.08. The molecule has 2 N–H and O–H groups in total. The highest BCUT2D eigenvalue weighted by Gasteiger charge is 2.01. The Bertz CT molecular complexity index is 274. The quantitative estimate of drug-likeness (QED) is 0.205. The van der Waals surface area contributed by atoms with Crippen LogP contribution in [0.15, 0.2) is 12.2 Å². The van der Waals surface area contributed by atoms with Gasteiger partial charge in [-0.2, -0.15) is 0 Å². The summed E-state index contributed by atoms with van der Waals surface area (Å²) in [6, 6.07) is 0. The average molecular weight is 329 g/mol. The van der Waals surface area contributed by atoms with Crippen molar-refractivity contribution in [3.8, 4) is 0 Å². The van der Waals surface area contributed by atoms with Crippen LogP contribution in [0.4, 0.5) is 0 Å². The number of hydrogen-bond donors (Lipinski definition) is 0. The first-order valence-electron chi connectivity index (χ1n) is 9.51. The highest BCUT2D eigenvalue weighted by atomic mass is 16.5. The summed E-state index contributed by atoms with van der Waals surface area (Å²) in [4.78, 5) is 11.2. The Balaban J connectivity index is 0. The molecular weight excluding hydrogens is 288 g/mol. The second kappa shape index (κ2) is 19.2. The number of esters is 1. The van der Waals surface area contributed by atoms with Crippen molar-refractivity contribution >= 4 is 5.97 Å². The second-order valence-electron chi connectivity index (χ2n) is 6.51. The third-order valence-corrected chi connectivity index (χ3v) is 4.08. The lowest BCUT2D eigenvalue weighted by Gasteiger charge is -2.04. The molecule has 0 unspecified atom stereocenters. The molecule has 0 fully saturated rings. The van der Waals surface area contributed by atoms with Crippen LogP contribution in [0.1, 0.15) is 104 Å². The molecule has 0 heterocycles. The summed E-state index contributed by atoms with van der Waals surface area (Å²) >= 11 is 0. The van der Waals surface area contributed by atoms with Crippen molar-refractivity contribution in [2.45, 2.75) is 104 Å². The lowest BCUT2D eigenvalue weighted by Crippen LogP contribution is -2.05. The zero-order valence-corrected chi connectivity index (χ0v) is 15.6. The maximum Gasteiger partial charge on any atom is 0.333 e. The van der Waals surface area contributed by atoms with E-state index in [0.717, 1.165) is 6.42 Å². The molecule has 3 heteroatoms. The van der Waals surface area contributed by atoms with Gasteiger partial charge < -0.3 is 10.2 Å². The van der Waals surface area contributed by atoms with Gasteiger partial charge in [-0.3, -0.25) is 0 Å². The highest BCUT2D eigenvalue weighted by Crippen LogP contribution is 2.12. The van der Waals surface area contributed by atoms with E-state index in [-0.39, 0.29) is 11.4 Å². The molecule has 0 aliphatic carbocycles. The van der Waals surface area contributed by atoms with E-state index in [1.54, 1.807) is 6.92 Å². The van der Waals surface area contributed by atoms with E-state index in [0.29, 0.717) is 12.2 Å². The number of ether oxygens (including phenoxy) is 1. The minimum Gasteiger partial charge on any atom is -0.462 e. The second-order valence-corrected chi connectivity index (χ2v) is 6.51. The maximum atomic E-state index is 11.2. The van der Waals surface area contributed by atoms with E-state index in [1.165, 1.54) is 83.5 Å². The summed E-state index contributed by atoms with van der Waals surface area (Å²) < 4.78 is 5.07. The van der Waals surface area contributed by atoms with Gasteiger partial charge in [0.15, 0.2) is 0 Å². The van der Waals surface area contributed by atoms with E-state index in [2.05, 4.69) is 13.5 Å². The summed E-state index contributed by atoms with van der Waals surface area (Å²) in [5.41, 5.74) is 0.491. The lowest BCUT2D eigenvalue weighted by molar-refractivity contribution is -0.139. The van der Waals surface area contributed by atoms with Crippen LogP contribution in [0.25, 0.3) is 0 Å². The van der Waals surface area contributed by atoms with Gasteiger partial charge in [0, 0.05) is 5.57 Å². The van der Waals surface area contributed by atoms with Gasteiger partial charge in [-0.1, -0.05) is 97.0 Å². The van der Waals surface area contributed by atoms with Crippen LogP contribution in [-0.4, -0.2) is 18.1 Å². The topological polar surface area (TPSA) is 57.8 Å². The summed E-state index contributed by atoms with van der Waals surface area (Å²) in [5.74, 6) is -0.255. The standard InChI is InChI=1S/C20H38O2.H2O/c1-4-5-6-7-8-9-10-11-12-13-14-15-16-17-18-22-20(21)19(2)3;/h2,4-18H2,1,3H3;1H2. The first-order chi connectivity index (χ1) is 10.7. The van der Waals surface area contributed by atoms with Gasteiger partial charge in [-0.25, -0.2) is 4.79 Å². The van der Waals surface area contributed by atoms with Crippen LogP contribution in [0.2, 0.25) is 0 Å². The average Bonchev–Trinajstić information content (AvgIpc) is 2.50. The molecule has 0 spiro atoms. The van der Waals surface area contributed by atoms with Crippen molar-refractivity contribution in [1.82, 2.24) is 0 Å². The SMILES string of the molecule is C=C(C)C(=O)OCCCCCCCCCCCCCCCC.O. The van der Waals surface area contributed by atoms with Gasteiger partial charge in [0.1, 0.15) is 0 Å². The molecule has 138 valence electrons. The molecule has 23 heavy (non-hydrogen) atoms. The Kier molecular flexibility index (Phi) is 20.4. The Labute approximate surface area is 144 Å². The maximum absolute atomic E-state index is 11.2. The van der Waals surface area contributed by atoms with Crippen LogP contribution in [-0.2, 0) is 9.53 Å². The van der Waals surface area contributed by atoms with Crippen LogP contribution in [0.5, 0.6) is 0 Å². The fourth-order valence-corrected chi connectivity index (χ4v) is 2.58. The zero-order valence-electron chi connectivity index (χ0n) is 15.6. The molecule has 0 aromatic rings. The van der Waals surface area contributed by atoms with E-state index < -0.39 is 0 Å². The van der Waals surface area contributed by atoms with E-state index in [1.807, 2.05) is 0 Å². The predicted octanol–water partition coefficient (Wildman–Crippen LogP) is 5.76. The van der Waals surface area contributed by atoms with Crippen molar-refractivity contribution in [2.75, 3.05) is 6.61 Å². The molecule has 0 aliphatic rings. The zero-order chi connectivity index (χ0) is 16.5. The molecule has 0 radical (unpaired) electrons. The smallest absolute Gasteiger partial charge is 0.333 e. The minimum atomic E-state index is -0.255. The Morgan fingerprint density at radius 3 is 1.43 bits per heavy atom. The molecule has 3 nitrogen and oxygen atoms in total. The van der Waals surface area contributed by atoms with Gasteiger partial charge in [-0.05, 0) is 13.3 Å². The molecule has 0 aromatic carbocycles. The normalized spacial score (nSPS) is 10.2.